The van der Waals surface area contributed by atoms with Crippen LogP contribution in [0.3, 0.4) is 0 Å². The minimum absolute atomic E-state index is 0.0408. The predicted molar refractivity (Wildman–Crippen MR) is 94.4 cm³/mol. The molecule has 0 bridgehead atoms. The third-order valence-corrected chi connectivity index (χ3v) is 5.18. The van der Waals surface area contributed by atoms with Crippen molar-refractivity contribution in [3.05, 3.63) is 35.0 Å². The van der Waals surface area contributed by atoms with Gasteiger partial charge in [-0.15, -0.1) is 0 Å². The SMILES string of the molecule is NS(=O)(=O)c1cc(Nc2ncc(Cl)c(NC3CCC3)n2)cc(C(F)(F)F)c1. The van der Waals surface area contributed by atoms with Crippen LogP contribution in [0.15, 0.2) is 29.3 Å². The maximum absolute atomic E-state index is 13.1. The summed E-state index contributed by atoms with van der Waals surface area (Å²) in [6.07, 6.45) is -0.435. The van der Waals surface area contributed by atoms with E-state index in [2.05, 4.69) is 20.6 Å². The van der Waals surface area contributed by atoms with Gasteiger partial charge in [-0.25, -0.2) is 18.5 Å². The zero-order chi connectivity index (χ0) is 19.8. The summed E-state index contributed by atoms with van der Waals surface area (Å²) in [5, 5.41) is 10.9. The number of nitrogens with two attached hydrogens (primary N) is 1. The maximum Gasteiger partial charge on any atom is 0.416 e. The van der Waals surface area contributed by atoms with Crippen molar-refractivity contribution in [3.63, 3.8) is 0 Å². The average molecular weight is 422 g/mol. The Morgan fingerprint density at radius 2 is 1.93 bits per heavy atom. The number of hydrogen-bond donors (Lipinski definition) is 3. The van der Waals surface area contributed by atoms with Crippen molar-refractivity contribution in [1.82, 2.24) is 9.97 Å². The van der Waals surface area contributed by atoms with Crippen LogP contribution in [-0.4, -0.2) is 24.4 Å². The fourth-order valence-electron chi connectivity index (χ4n) is 2.40. The van der Waals surface area contributed by atoms with Crippen LogP contribution in [0.25, 0.3) is 0 Å². The summed E-state index contributed by atoms with van der Waals surface area (Å²) >= 11 is 6.03. The van der Waals surface area contributed by atoms with Crippen LogP contribution in [0.1, 0.15) is 24.8 Å². The molecule has 3 rings (SSSR count). The minimum atomic E-state index is -4.76. The first-order valence-corrected chi connectivity index (χ1v) is 9.76. The first-order chi connectivity index (χ1) is 12.5. The topological polar surface area (TPSA) is 110 Å². The number of aromatic nitrogens is 2. The molecule has 1 aromatic carbocycles. The van der Waals surface area contributed by atoms with E-state index in [1.807, 2.05) is 0 Å². The van der Waals surface area contributed by atoms with Crippen molar-refractivity contribution in [3.8, 4) is 0 Å². The Kier molecular flexibility index (Phi) is 5.19. The Hall–Kier alpha value is -2.11. The Bertz CT molecular complexity index is 964. The lowest BCUT2D eigenvalue weighted by molar-refractivity contribution is -0.137. The average Bonchev–Trinajstić information content (AvgIpc) is 2.51. The van der Waals surface area contributed by atoms with Gasteiger partial charge in [0.2, 0.25) is 16.0 Å². The van der Waals surface area contributed by atoms with E-state index in [1.165, 1.54) is 6.20 Å². The summed E-state index contributed by atoms with van der Waals surface area (Å²) in [5.41, 5.74) is -1.34. The fraction of sp³-hybridized carbons (Fsp3) is 0.333. The summed E-state index contributed by atoms with van der Waals surface area (Å²) in [7, 11) is -4.34. The van der Waals surface area contributed by atoms with Gasteiger partial charge in [0.05, 0.1) is 16.7 Å². The molecule has 4 N–H and O–H groups in total. The monoisotopic (exact) mass is 421 g/mol. The van der Waals surface area contributed by atoms with Crippen LogP contribution < -0.4 is 15.8 Å². The molecule has 2 aromatic rings. The molecule has 7 nitrogen and oxygen atoms in total. The Balaban J connectivity index is 1.93. The third-order valence-electron chi connectivity index (χ3n) is 4.01. The molecule has 27 heavy (non-hydrogen) atoms. The van der Waals surface area contributed by atoms with Gasteiger partial charge in [0.1, 0.15) is 5.02 Å². The molecule has 0 spiro atoms. The van der Waals surface area contributed by atoms with Crippen LogP contribution in [0.2, 0.25) is 5.02 Å². The number of rotatable bonds is 5. The van der Waals surface area contributed by atoms with E-state index in [0.717, 1.165) is 31.4 Å². The molecule has 1 aromatic heterocycles. The van der Waals surface area contributed by atoms with E-state index in [0.29, 0.717) is 11.9 Å². The number of nitrogens with zero attached hydrogens (tertiary/aromatic N) is 2. The number of alkyl halides is 3. The number of primary sulfonamides is 1. The molecule has 0 atom stereocenters. The maximum atomic E-state index is 13.1. The largest absolute Gasteiger partial charge is 0.416 e. The van der Waals surface area contributed by atoms with Gasteiger partial charge in [-0.3, -0.25) is 0 Å². The molecule has 0 amide bonds. The van der Waals surface area contributed by atoms with Gasteiger partial charge in [0.15, 0.2) is 5.82 Å². The van der Waals surface area contributed by atoms with Crippen LogP contribution in [-0.2, 0) is 16.2 Å². The number of halogens is 4. The summed E-state index contributed by atoms with van der Waals surface area (Å²) < 4.78 is 62.2. The Labute approximate surface area is 158 Å². The van der Waals surface area contributed by atoms with Crippen LogP contribution in [0.5, 0.6) is 0 Å². The number of nitrogens with one attached hydrogen (secondary N) is 2. The van der Waals surface area contributed by atoms with Crippen LogP contribution in [0, 0.1) is 0 Å². The molecule has 1 fully saturated rings. The second-order valence-electron chi connectivity index (χ2n) is 6.08. The van der Waals surface area contributed by atoms with Crippen molar-refractivity contribution >= 4 is 39.1 Å². The zero-order valence-corrected chi connectivity index (χ0v) is 15.3. The lowest BCUT2D eigenvalue weighted by Gasteiger charge is -2.27. The fourth-order valence-corrected chi connectivity index (χ4v) is 3.13. The molecule has 0 aliphatic heterocycles. The van der Waals surface area contributed by atoms with Gasteiger partial charge in [-0.1, -0.05) is 11.6 Å². The van der Waals surface area contributed by atoms with E-state index >= 15 is 0 Å². The van der Waals surface area contributed by atoms with E-state index in [-0.39, 0.29) is 22.7 Å². The summed E-state index contributed by atoms with van der Waals surface area (Å²) in [5.74, 6) is 0.304. The zero-order valence-electron chi connectivity index (χ0n) is 13.7. The first kappa shape index (κ1) is 19.6. The summed E-state index contributed by atoms with van der Waals surface area (Å²) in [4.78, 5) is 7.38. The number of benzene rings is 1. The Morgan fingerprint density at radius 1 is 1.22 bits per heavy atom. The minimum Gasteiger partial charge on any atom is -0.366 e. The first-order valence-electron chi connectivity index (χ1n) is 7.83. The highest BCUT2D eigenvalue weighted by Crippen LogP contribution is 2.34. The quantitative estimate of drug-likeness (QED) is 0.681. The van der Waals surface area contributed by atoms with Gasteiger partial charge < -0.3 is 10.6 Å². The molecular formula is C15H15ClF3N5O2S. The normalized spacial score (nSPS) is 15.3. The van der Waals surface area contributed by atoms with Crippen molar-refractivity contribution in [2.24, 2.45) is 5.14 Å². The number of hydrogen-bond acceptors (Lipinski definition) is 6. The molecule has 0 saturated heterocycles. The molecule has 12 heteroatoms. The molecule has 1 aliphatic carbocycles. The van der Waals surface area contributed by atoms with Crippen molar-refractivity contribution < 1.29 is 21.6 Å². The number of anilines is 3. The van der Waals surface area contributed by atoms with Crippen molar-refractivity contribution in [1.29, 1.82) is 0 Å². The third kappa shape index (κ3) is 4.79. The molecular weight excluding hydrogens is 407 g/mol. The van der Waals surface area contributed by atoms with Gasteiger partial charge in [0, 0.05) is 11.7 Å². The standard InChI is InChI=1S/C15H15ClF3N5O2S/c16-12-7-21-14(24-13(12)22-9-2-1-3-9)23-10-4-8(15(17,18)19)5-11(6-10)27(20,25)26/h4-7,9H,1-3H2,(H2,20,25,26)(H2,21,22,23,24). The second-order valence-corrected chi connectivity index (χ2v) is 8.04. The summed E-state index contributed by atoms with van der Waals surface area (Å²) in [6.45, 7) is 0. The highest BCUT2D eigenvalue weighted by atomic mass is 35.5. The molecule has 0 radical (unpaired) electrons. The van der Waals surface area contributed by atoms with Gasteiger partial charge >= 0.3 is 6.18 Å². The highest BCUT2D eigenvalue weighted by Gasteiger charge is 2.32. The van der Waals surface area contributed by atoms with Crippen molar-refractivity contribution in [2.45, 2.75) is 36.4 Å². The van der Waals surface area contributed by atoms with E-state index in [9.17, 15) is 21.6 Å². The lowest BCUT2D eigenvalue weighted by Crippen LogP contribution is -2.27. The predicted octanol–water partition coefficient (Wildman–Crippen LogP) is 3.50. The van der Waals surface area contributed by atoms with Crippen LogP contribution in [0.4, 0.5) is 30.6 Å². The highest BCUT2D eigenvalue weighted by molar-refractivity contribution is 7.89. The van der Waals surface area contributed by atoms with Gasteiger partial charge in [-0.2, -0.15) is 18.2 Å². The molecule has 1 heterocycles. The lowest BCUT2D eigenvalue weighted by atomic mass is 9.93. The molecule has 1 aliphatic rings. The Morgan fingerprint density at radius 3 is 2.48 bits per heavy atom. The molecule has 1 saturated carbocycles. The molecule has 146 valence electrons. The van der Waals surface area contributed by atoms with Crippen molar-refractivity contribution in [2.75, 3.05) is 10.6 Å². The second kappa shape index (κ2) is 7.13. The molecule has 0 unspecified atom stereocenters. The number of sulfonamides is 1. The summed E-state index contributed by atoms with van der Waals surface area (Å²) in [6, 6.07) is 2.41. The van der Waals surface area contributed by atoms with E-state index < -0.39 is 26.7 Å². The smallest absolute Gasteiger partial charge is 0.366 e. The van der Waals surface area contributed by atoms with Crippen LogP contribution >= 0.6 is 11.6 Å². The van der Waals surface area contributed by atoms with Gasteiger partial charge in [-0.05, 0) is 37.5 Å². The van der Waals surface area contributed by atoms with E-state index in [4.69, 9.17) is 16.7 Å². The van der Waals surface area contributed by atoms with E-state index in [1.54, 1.807) is 0 Å². The van der Waals surface area contributed by atoms with Gasteiger partial charge in [0.25, 0.3) is 0 Å².